The van der Waals surface area contributed by atoms with Gasteiger partial charge in [-0.1, -0.05) is 72.6 Å². The van der Waals surface area contributed by atoms with Crippen LogP contribution in [0, 0.1) is 38.5 Å². The second-order valence-corrected chi connectivity index (χ2v) is 20.1. The molecule has 5 N–H and O–H groups in total. The first-order valence-electron chi connectivity index (χ1n) is 19.4. The molecule has 1 aromatic carbocycles. The molecule has 3 unspecified atom stereocenters. The SMILES string of the molecule is Cc1c(C)c2c(c(C)c1OC(=O)CC(SC(C)(C)[C@H](N)C(=O)O)C(=O)NCCS(=O)(=O)O)CC[C@](C)(CCCC(C)CCCC(C)CCCC(C)C)O2. The third-order valence-electron chi connectivity index (χ3n) is 10.8. The molecular weight excluding hydrogens is 717 g/mol. The van der Waals surface area contributed by atoms with Crippen LogP contribution in [0.25, 0.3) is 0 Å². The Morgan fingerprint density at radius 1 is 0.962 bits per heavy atom. The molecule has 2 rings (SSSR count). The van der Waals surface area contributed by atoms with Crippen molar-refractivity contribution in [2.45, 2.75) is 168 Å². The smallest absolute Gasteiger partial charge is 0.321 e. The molecule has 5 atom stereocenters. The van der Waals surface area contributed by atoms with E-state index in [2.05, 4.69) is 39.9 Å². The van der Waals surface area contributed by atoms with Crippen LogP contribution in [0.1, 0.15) is 141 Å². The Hall–Kier alpha value is -2.35. The standard InChI is InChI=1S/C40H68N2O9S2/c1-25(2)14-11-15-26(3)16-12-17-27(4)18-13-20-40(10)21-19-31-30(7)34(28(5)29(6)35(31)51-40)50-33(43)24-32(37(44)42-22-23-53(47,48)49)52-39(8,9)36(41)38(45)46/h25-27,32,36H,11-24,41H2,1-10H3,(H,42,44)(H,45,46)(H,47,48,49)/t26?,27?,32?,36-,40+/m1/s1. The van der Waals surface area contributed by atoms with Gasteiger partial charge in [0.1, 0.15) is 23.1 Å². The lowest BCUT2D eigenvalue weighted by molar-refractivity contribution is -0.139. The third kappa shape index (κ3) is 15.4. The van der Waals surface area contributed by atoms with Gasteiger partial charge in [-0.2, -0.15) is 8.42 Å². The highest BCUT2D eigenvalue weighted by Crippen LogP contribution is 2.45. The molecule has 1 amide bonds. The van der Waals surface area contributed by atoms with E-state index in [9.17, 15) is 27.9 Å². The molecule has 0 saturated carbocycles. The monoisotopic (exact) mass is 784 g/mol. The number of carboxylic acid groups (broad SMARTS) is 1. The van der Waals surface area contributed by atoms with E-state index < -0.39 is 62.7 Å². The van der Waals surface area contributed by atoms with E-state index >= 15 is 0 Å². The number of hydrogen-bond donors (Lipinski definition) is 4. The average molecular weight is 785 g/mol. The molecule has 1 aromatic rings. The fourth-order valence-corrected chi connectivity index (χ4v) is 8.81. The zero-order valence-corrected chi connectivity index (χ0v) is 35.6. The molecule has 11 nitrogen and oxygen atoms in total. The lowest BCUT2D eigenvalue weighted by Gasteiger charge is -2.38. The van der Waals surface area contributed by atoms with Crippen molar-refractivity contribution >= 4 is 39.7 Å². The number of rotatable bonds is 23. The van der Waals surface area contributed by atoms with E-state index in [0.717, 1.165) is 77.3 Å². The minimum Gasteiger partial charge on any atom is -0.487 e. The highest BCUT2D eigenvalue weighted by Gasteiger charge is 2.39. The molecule has 53 heavy (non-hydrogen) atoms. The van der Waals surface area contributed by atoms with Gasteiger partial charge in [0, 0.05) is 16.9 Å². The summed E-state index contributed by atoms with van der Waals surface area (Å²) in [6.45, 7) is 20.0. The quantitative estimate of drug-likeness (QED) is 0.0484. The Labute approximate surface area is 323 Å². The van der Waals surface area contributed by atoms with E-state index in [4.69, 9.17) is 19.8 Å². The fraction of sp³-hybridized carbons (Fsp3) is 0.775. The van der Waals surface area contributed by atoms with Crippen LogP contribution in [0.15, 0.2) is 0 Å². The minimum absolute atomic E-state index is 0.295. The molecule has 1 aliphatic rings. The maximum Gasteiger partial charge on any atom is 0.321 e. The van der Waals surface area contributed by atoms with Crippen LogP contribution in [0.5, 0.6) is 11.5 Å². The summed E-state index contributed by atoms with van der Waals surface area (Å²) in [6, 6.07) is -1.36. The molecule has 304 valence electrons. The lowest BCUT2D eigenvalue weighted by Crippen LogP contribution is -2.49. The van der Waals surface area contributed by atoms with Gasteiger partial charge in [-0.25, -0.2) is 0 Å². The zero-order valence-electron chi connectivity index (χ0n) is 33.9. The van der Waals surface area contributed by atoms with Gasteiger partial charge >= 0.3 is 11.9 Å². The van der Waals surface area contributed by atoms with E-state index in [1.807, 2.05) is 20.8 Å². The second-order valence-electron chi connectivity index (χ2n) is 16.7. The predicted octanol–water partition coefficient (Wildman–Crippen LogP) is 7.73. The lowest BCUT2D eigenvalue weighted by atomic mass is 9.83. The first-order chi connectivity index (χ1) is 24.5. The third-order valence-corrected chi connectivity index (χ3v) is 13.1. The average Bonchev–Trinajstić information content (AvgIpc) is 3.04. The van der Waals surface area contributed by atoms with Crippen molar-refractivity contribution in [3.63, 3.8) is 0 Å². The van der Waals surface area contributed by atoms with Gasteiger partial charge < -0.3 is 25.6 Å². The molecule has 1 heterocycles. The first kappa shape index (κ1) is 46.8. The Morgan fingerprint density at radius 3 is 2.08 bits per heavy atom. The first-order valence-corrected chi connectivity index (χ1v) is 21.9. The maximum absolute atomic E-state index is 13.4. The van der Waals surface area contributed by atoms with Gasteiger partial charge in [-0.15, -0.1) is 11.8 Å². The number of nitrogens with one attached hydrogen (secondary N) is 1. The van der Waals surface area contributed by atoms with Gasteiger partial charge in [0.05, 0.1) is 17.4 Å². The van der Waals surface area contributed by atoms with Crippen molar-refractivity contribution in [3.8, 4) is 11.5 Å². The van der Waals surface area contributed by atoms with Crippen molar-refractivity contribution in [2.75, 3.05) is 12.3 Å². The normalized spacial score (nSPS) is 18.4. The molecular formula is C40H68N2O9S2. The summed E-state index contributed by atoms with van der Waals surface area (Å²) in [5.74, 6) is 0.0889. The summed E-state index contributed by atoms with van der Waals surface area (Å²) < 4.78 is 42.9. The number of hydrogen-bond acceptors (Lipinski definition) is 9. The Morgan fingerprint density at radius 2 is 1.53 bits per heavy atom. The number of nitrogens with two attached hydrogens (primary N) is 1. The van der Waals surface area contributed by atoms with Gasteiger partial charge in [-0.05, 0) is 102 Å². The summed E-state index contributed by atoms with van der Waals surface area (Å²) in [4.78, 5) is 38.2. The number of amides is 1. The Kier molecular flexibility index (Phi) is 18.1. The van der Waals surface area contributed by atoms with Gasteiger partial charge in [0.2, 0.25) is 5.91 Å². The number of fused-ring (bicyclic) bond motifs is 1. The van der Waals surface area contributed by atoms with Crippen LogP contribution in [-0.2, 0) is 30.9 Å². The number of carbonyl (C=O) groups is 3. The molecule has 0 bridgehead atoms. The summed E-state index contributed by atoms with van der Waals surface area (Å²) >= 11 is 0.888. The number of carboxylic acids is 1. The van der Waals surface area contributed by atoms with Crippen molar-refractivity contribution in [1.82, 2.24) is 5.32 Å². The van der Waals surface area contributed by atoms with Crippen LogP contribution >= 0.6 is 11.8 Å². The molecule has 0 radical (unpaired) electrons. The second kappa shape index (κ2) is 20.5. The van der Waals surface area contributed by atoms with E-state index in [1.165, 1.54) is 44.9 Å². The fourth-order valence-electron chi connectivity index (χ4n) is 7.06. The van der Waals surface area contributed by atoms with Crippen molar-refractivity contribution in [3.05, 3.63) is 22.3 Å². The van der Waals surface area contributed by atoms with Crippen LogP contribution in [0.4, 0.5) is 0 Å². The largest absolute Gasteiger partial charge is 0.487 e. The number of esters is 1. The van der Waals surface area contributed by atoms with E-state index in [-0.39, 0.29) is 5.60 Å². The summed E-state index contributed by atoms with van der Waals surface area (Å²) in [5.41, 5.74) is 9.01. The van der Waals surface area contributed by atoms with Crippen molar-refractivity contribution in [2.24, 2.45) is 23.5 Å². The summed E-state index contributed by atoms with van der Waals surface area (Å²) in [7, 11) is -4.34. The molecule has 13 heteroatoms. The van der Waals surface area contributed by atoms with Crippen LogP contribution < -0.4 is 20.5 Å². The van der Waals surface area contributed by atoms with Crippen LogP contribution in [0.3, 0.4) is 0 Å². The summed E-state index contributed by atoms with van der Waals surface area (Å²) in [5, 5.41) is 10.8. The Balaban J connectivity index is 2.09. The van der Waals surface area contributed by atoms with Crippen molar-refractivity contribution in [1.29, 1.82) is 0 Å². The topological polar surface area (TPSA) is 182 Å². The molecule has 0 saturated heterocycles. The van der Waals surface area contributed by atoms with Crippen molar-refractivity contribution < 1.29 is 41.9 Å². The molecule has 0 aliphatic carbocycles. The van der Waals surface area contributed by atoms with Crippen LogP contribution in [0.2, 0.25) is 0 Å². The number of carbonyl (C=O) groups excluding carboxylic acids is 2. The van der Waals surface area contributed by atoms with Gasteiger partial charge in [-0.3, -0.25) is 18.9 Å². The Bertz CT molecular complexity index is 1510. The number of benzene rings is 1. The zero-order chi connectivity index (χ0) is 40.3. The van der Waals surface area contributed by atoms with Gasteiger partial charge in [0.15, 0.2) is 0 Å². The highest BCUT2D eigenvalue weighted by atomic mass is 32.2. The van der Waals surface area contributed by atoms with E-state index in [1.54, 1.807) is 13.8 Å². The highest BCUT2D eigenvalue weighted by molar-refractivity contribution is 8.02. The summed E-state index contributed by atoms with van der Waals surface area (Å²) in [6.07, 6.45) is 12.3. The van der Waals surface area contributed by atoms with Gasteiger partial charge in [0.25, 0.3) is 10.1 Å². The number of thioether (sulfide) groups is 1. The number of ether oxygens (including phenoxy) is 2. The molecule has 1 aliphatic heterocycles. The number of aliphatic carboxylic acids is 1. The molecule has 0 spiro atoms. The predicted molar refractivity (Wildman–Crippen MR) is 213 cm³/mol. The van der Waals surface area contributed by atoms with Crippen LogP contribution in [-0.4, -0.2) is 69.9 Å². The van der Waals surface area contributed by atoms with E-state index in [0.29, 0.717) is 11.7 Å². The maximum atomic E-state index is 13.4. The molecule has 0 fully saturated rings. The molecule has 0 aromatic heterocycles. The minimum atomic E-state index is -4.34.